The van der Waals surface area contributed by atoms with E-state index in [0.717, 1.165) is 5.39 Å². The predicted molar refractivity (Wildman–Crippen MR) is 64.1 cm³/mol. The summed E-state index contributed by atoms with van der Waals surface area (Å²) in [5.74, 6) is 0. The van der Waals surface area contributed by atoms with Gasteiger partial charge in [0.25, 0.3) is 0 Å². The summed E-state index contributed by atoms with van der Waals surface area (Å²) >= 11 is 6.09. The summed E-state index contributed by atoms with van der Waals surface area (Å²) < 4.78 is 0. The van der Waals surface area contributed by atoms with Gasteiger partial charge in [0.1, 0.15) is 0 Å². The molecule has 0 aliphatic rings. The van der Waals surface area contributed by atoms with Crippen LogP contribution in [0.15, 0.2) is 42.5 Å². The molecule has 0 unspecified atom stereocenters. The molecule has 0 aliphatic heterocycles. The molecular formula is C14H7Cl. The van der Waals surface area contributed by atoms with E-state index < -0.39 is 0 Å². The van der Waals surface area contributed by atoms with Gasteiger partial charge in [-0.25, -0.2) is 0 Å². The second kappa shape index (κ2) is 3.25. The van der Waals surface area contributed by atoms with Crippen molar-refractivity contribution >= 4 is 33.1 Å². The molecule has 0 amide bonds. The van der Waals surface area contributed by atoms with Gasteiger partial charge >= 0.3 is 0 Å². The second-order valence-electron chi connectivity index (χ2n) is 3.47. The molecule has 3 rings (SSSR count). The van der Waals surface area contributed by atoms with Crippen molar-refractivity contribution < 1.29 is 0 Å². The van der Waals surface area contributed by atoms with Gasteiger partial charge in [0, 0.05) is 11.5 Å². The van der Waals surface area contributed by atoms with E-state index in [0.29, 0.717) is 5.02 Å². The molecule has 3 aromatic rings. The molecule has 0 N–H and O–H groups in total. The Morgan fingerprint density at radius 1 is 0.867 bits per heavy atom. The van der Waals surface area contributed by atoms with Crippen LogP contribution in [0.2, 0.25) is 5.02 Å². The molecule has 1 heteroatoms. The molecule has 70 valence electrons. The lowest BCUT2D eigenvalue weighted by Gasteiger charge is -2.04. The van der Waals surface area contributed by atoms with Crippen LogP contribution in [0, 0.1) is 12.1 Å². The third-order valence-electron chi connectivity index (χ3n) is 2.60. The van der Waals surface area contributed by atoms with Crippen LogP contribution in [0.1, 0.15) is 0 Å². The molecule has 0 saturated carbocycles. The molecule has 2 radical (unpaired) electrons. The van der Waals surface area contributed by atoms with E-state index in [1.165, 1.54) is 16.2 Å². The Morgan fingerprint density at radius 2 is 1.73 bits per heavy atom. The zero-order valence-electron chi connectivity index (χ0n) is 7.92. The summed E-state index contributed by atoms with van der Waals surface area (Å²) in [4.78, 5) is 0. The molecule has 0 bridgehead atoms. The topological polar surface area (TPSA) is 0 Å². The summed E-state index contributed by atoms with van der Waals surface area (Å²) in [6, 6.07) is 20.0. The number of benzene rings is 3. The number of fused-ring (bicyclic) bond motifs is 3. The Hall–Kier alpha value is -1.53. The maximum absolute atomic E-state index is 6.09. The molecule has 0 fully saturated rings. The van der Waals surface area contributed by atoms with Crippen LogP contribution >= 0.6 is 11.6 Å². The highest BCUT2D eigenvalue weighted by Gasteiger charge is 2.02. The first-order chi connectivity index (χ1) is 7.36. The first-order valence-electron chi connectivity index (χ1n) is 4.75. The summed E-state index contributed by atoms with van der Waals surface area (Å²) in [6.45, 7) is 0. The van der Waals surface area contributed by atoms with Gasteiger partial charge in [0.15, 0.2) is 0 Å². The Morgan fingerprint density at radius 3 is 2.67 bits per heavy atom. The highest BCUT2D eigenvalue weighted by atomic mass is 35.5. The van der Waals surface area contributed by atoms with Gasteiger partial charge in [0.05, 0.1) is 5.02 Å². The molecule has 0 nitrogen and oxygen atoms in total. The second-order valence-corrected chi connectivity index (χ2v) is 3.84. The van der Waals surface area contributed by atoms with Gasteiger partial charge in [0.2, 0.25) is 0 Å². The van der Waals surface area contributed by atoms with E-state index in [9.17, 15) is 0 Å². The van der Waals surface area contributed by atoms with Crippen LogP contribution in [-0.4, -0.2) is 0 Å². The largest absolute Gasteiger partial charge is 0.0830 e. The van der Waals surface area contributed by atoms with Gasteiger partial charge in [-0.2, -0.15) is 0 Å². The minimum absolute atomic E-state index is 0.683. The number of hydrogen-bond donors (Lipinski definition) is 0. The van der Waals surface area contributed by atoms with E-state index in [4.69, 9.17) is 11.6 Å². The van der Waals surface area contributed by atoms with Crippen molar-refractivity contribution in [1.82, 2.24) is 0 Å². The van der Waals surface area contributed by atoms with Gasteiger partial charge in [-0.1, -0.05) is 48.0 Å². The SMILES string of the molecule is Clc1[c]ccc2c1ccc1c[c]ccc12. The molecule has 3 aromatic carbocycles. The standard InChI is InChI=1S/C14H7Cl/c15-14-7-3-6-12-11-5-2-1-4-10(11)8-9-13(12)14/h2-6,8-9H. The predicted octanol–water partition coefficient (Wildman–Crippen LogP) is 4.25. The zero-order chi connectivity index (χ0) is 10.3. The molecule has 0 aliphatic carbocycles. The average molecular weight is 211 g/mol. The summed E-state index contributed by atoms with van der Waals surface area (Å²) in [7, 11) is 0. The fourth-order valence-electron chi connectivity index (χ4n) is 1.88. The molecule has 0 saturated heterocycles. The molecular weight excluding hydrogens is 204 g/mol. The smallest absolute Gasteiger partial charge is 0.0563 e. The van der Waals surface area contributed by atoms with E-state index in [2.05, 4.69) is 24.3 Å². The van der Waals surface area contributed by atoms with Crippen molar-refractivity contribution in [2.75, 3.05) is 0 Å². The van der Waals surface area contributed by atoms with Crippen LogP contribution < -0.4 is 0 Å². The van der Waals surface area contributed by atoms with Crippen molar-refractivity contribution in [3.8, 4) is 0 Å². The molecule has 0 atom stereocenters. The summed E-state index contributed by atoms with van der Waals surface area (Å²) in [6.07, 6.45) is 0. The number of hydrogen-bond acceptors (Lipinski definition) is 0. The lowest BCUT2D eigenvalue weighted by molar-refractivity contribution is 1.74. The third kappa shape index (κ3) is 1.30. The lowest BCUT2D eigenvalue weighted by Crippen LogP contribution is -1.78. The fraction of sp³-hybridized carbons (Fsp3) is 0. The Balaban J connectivity index is 2.60. The highest BCUT2D eigenvalue weighted by molar-refractivity contribution is 6.36. The van der Waals surface area contributed by atoms with E-state index >= 15 is 0 Å². The minimum Gasteiger partial charge on any atom is -0.0830 e. The molecule has 0 aromatic heterocycles. The van der Waals surface area contributed by atoms with Crippen LogP contribution in [0.4, 0.5) is 0 Å². The van der Waals surface area contributed by atoms with Crippen LogP contribution in [0.5, 0.6) is 0 Å². The van der Waals surface area contributed by atoms with Crippen molar-refractivity contribution in [2.45, 2.75) is 0 Å². The van der Waals surface area contributed by atoms with Gasteiger partial charge in [-0.3, -0.25) is 0 Å². The van der Waals surface area contributed by atoms with Crippen molar-refractivity contribution in [2.24, 2.45) is 0 Å². The Kier molecular flexibility index (Phi) is 1.90. The van der Waals surface area contributed by atoms with Gasteiger partial charge in [-0.15, -0.1) is 0 Å². The summed E-state index contributed by atoms with van der Waals surface area (Å²) in [5, 5.41) is 5.31. The molecule has 15 heavy (non-hydrogen) atoms. The molecule has 0 heterocycles. The highest BCUT2D eigenvalue weighted by Crippen LogP contribution is 2.29. The average Bonchev–Trinajstić information content (AvgIpc) is 2.29. The van der Waals surface area contributed by atoms with E-state index in [-0.39, 0.29) is 0 Å². The first kappa shape index (κ1) is 8.75. The van der Waals surface area contributed by atoms with Crippen molar-refractivity contribution in [1.29, 1.82) is 0 Å². The molecule has 0 spiro atoms. The maximum atomic E-state index is 6.09. The maximum Gasteiger partial charge on any atom is 0.0563 e. The quantitative estimate of drug-likeness (QED) is 0.487. The monoisotopic (exact) mass is 210 g/mol. The third-order valence-corrected chi connectivity index (χ3v) is 2.92. The first-order valence-corrected chi connectivity index (χ1v) is 5.13. The Bertz CT molecular complexity index is 641. The Labute approximate surface area is 93.1 Å². The van der Waals surface area contributed by atoms with Crippen LogP contribution in [0.25, 0.3) is 21.5 Å². The van der Waals surface area contributed by atoms with Crippen LogP contribution in [-0.2, 0) is 0 Å². The lowest BCUT2D eigenvalue weighted by atomic mass is 10.0. The van der Waals surface area contributed by atoms with Gasteiger partial charge < -0.3 is 0 Å². The summed E-state index contributed by atoms with van der Waals surface area (Å²) in [5.41, 5.74) is 0. The minimum atomic E-state index is 0.683. The van der Waals surface area contributed by atoms with Crippen molar-refractivity contribution in [3.63, 3.8) is 0 Å². The fourth-order valence-corrected chi connectivity index (χ4v) is 2.11. The van der Waals surface area contributed by atoms with Gasteiger partial charge in [-0.05, 0) is 28.3 Å². The van der Waals surface area contributed by atoms with Crippen molar-refractivity contribution in [3.05, 3.63) is 59.6 Å². The number of rotatable bonds is 0. The normalized spacial score (nSPS) is 11.0. The zero-order valence-corrected chi connectivity index (χ0v) is 8.68. The van der Waals surface area contributed by atoms with E-state index in [1.807, 2.05) is 30.3 Å². The number of halogens is 1. The van der Waals surface area contributed by atoms with Crippen LogP contribution in [0.3, 0.4) is 0 Å². The van der Waals surface area contributed by atoms with E-state index in [1.54, 1.807) is 0 Å².